The molecule has 0 bridgehead atoms. The van der Waals surface area contributed by atoms with E-state index in [1.807, 2.05) is 0 Å². The molecule has 18 heavy (non-hydrogen) atoms. The van der Waals surface area contributed by atoms with Gasteiger partial charge in [0.25, 0.3) is 0 Å². The zero-order valence-electron chi connectivity index (χ0n) is 12.2. The molecule has 1 fully saturated rings. The lowest BCUT2D eigenvalue weighted by Gasteiger charge is -2.30. The third kappa shape index (κ3) is 2.77. The maximum Gasteiger partial charge on any atom is 0.0346 e. The highest BCUT2D eigenvalue weighted by Crippen LogP contribution is 2.37. The molecular weight excluding hydrogens is 218 g/mol. The summed E-state index contributed by atoms with van der Waals surface area (Å²) in [6.07, 6.45) is 4.17. The third-order valence-electron chi connectivity index (χ3n) is 4.73. The Bertz CT molecular complexity index is 379. The zero-order chi connectivity index (χ0) is 13.1. The Labute approximate surface area is 112 Å². The predicted molar refractivity (Wildman–Crippen MR) is 78.8 cm³/mol. The van der Waals surface area contributed by atoms with Crippen molar-refractivity contribution in [2.24, 2.45) is 11.8 Å². The highest BCUT2D eigenvalue weighted by atomic mass is 14.9. The number of benzene rings is 1. The molecule has 1 aliphatic carbocycles. The van der Waals surface area contributed by atoms with Crippen LogP contribution in [-0.2, 0) is 0 Å². The van der Waals surface area contributed by atoms with Gasteiger partial charge in [-0.15, -0.1) is 0 Å². The molecule has 1 heteroatoms. The number of rotatable bonds is 5. The first kappa shape index (κ1) is 13.6. The minimum atomic E-state index is 0.477. The lowest BCUT2D eigenvalue weighted by molar-refractivity contribution is 0.316. The van der Waals surface area contributed by atoms with E-state index in [-0.39, 0.29) is 0 Å². The van der Waals surface area contributed by atoms with E-state index in [9.17, 15) is 0 Å². The van der Waals surface area contributed by atoms with Crippen molar-refractivity contribution >= 4 is 0 Å². The van der Waals surface area contributed by atoms with Gasteiger partial charge in [-0.2, -0.15) is 0 Å². The van der Waals surface area contributed by atoms with Crippen LogP contribution in [0.25, 0.3) is 0 Å². The van der Waals surface area contributed by atoms with Gasteiger partial charge in [-0.05, 0) is 48.8 Å². The van der Waals surface area contributed by atoms with Gasteiger partial charge in [0.1, 0.15) is 0 Å². The number of nitrogens with one attached hydrogen (secondary N) is 1. The van der Waals surface area contributed by atoms with E-state index >= 15 is 0 Å². The summed E-state index contributed by atoms with van der Waals surface area (Å²) in [5, 5.41) is 3.50. The van der Waals surface area contributed by atoms with Crippen molar-refractivity contribution in [1.29, 1.82) is 0 Å². The van der Waals surface area contributed by atoms with Crippen LogP contribution in [0.1, 0.15) is 63.1 Å². The van der Waals surface area contributed by atoms with Crippen LogP contribution < -0.4 is 5.32 Å². The Kier molecular flexibility index (Phi) is 4.45. The maximum atomic E-state index is 3.50. The fourth-order valence-corrected chi connectivity index (χ4v) is 2.87. The van der Waals surface area contributed by atoms with E-state index in [1.165, 1.54) is 24.8 Å². The highest BCUT2D eigenvalue weighted by molar-refractivity contribution is 5.30. The summed E-state index contributed by atoms with van der Waals surface area (Å²) >= 11 is 0. The fraction of sp³-hybridized carbons (Fsp3) is 0.647. The van der Waals surface area contributed by atoms with Gasteiger partial charge in [-0.25, -0.2) is 0 Å². The van der Waals surface area contributed by atoms with Crippen LogP contribution in [-0.4, -0.2) is 7.05 Å². The second-order valence-electron chi connectivity index (χ2n) is 6.17. The van der Waals surface area contributed by atoms with Crippen LogP contribution in [0.3, 0.4) is 0 Å². The molecule has 100 valence electrons. The summed E-state index contributed by atoms with van der Waals surface area (Å²) in [5.41, 5.74) is 3.01. The molecule has 0 saturated heterocycles. The second kappa shape index (κ2) is 5.88. The third-order valence-corrected chi connectivity index (χ3v) is 4.73. The lowest BCUT2D eigenvalue weighted by Crippen LogP contribution is -2.27. The molecule has 2 rings (SSSR count). The second-order valence-corrected chi connectivity index (χ2v) is 6.17. The van der Waals surface area contributed by atoms with E-state index in [0.717, 1.165) is 5.92 Å². The summed E-state index contributed by atoms with van der Waals surface area (Å²) in [6, 6.07) is 9.73. The van der Waals surface area contributed by atoms with Gasteiger partial charge < -0.3 is 5.32 Å². The molecule has 0 aromatic heterocycles. The molecule has 1 nitrogen and oxygen atoms in total. The van der Waals surface area contributed by atoms with E-state index in [4.69, 9.17) is 0 Å². The van der Waals surface area contributed by atoms with Crippen LogP contribution in [0.5, 0.6) is 0 Å². The quantitative estimate of drug-likeness (QED) is 0.805. The van der Waals surface area contributed by atoms with Crippen molar-refractivity contribution in [3.63, 3.8) is 0 Å². The fourth-order valence-electron chi connectivity index (χ4n) is 2.87. The molecule has 2 unspecified atom stereocenters. The standard InChI is InChI=1S/C17H27N/c1-12(2)13(3)17(18-4)16-10-6-9-15(11-16)14-7-5-8-14/h6,9-14,17-18H,5,7-8H2,1-4H3. The van der Waals surface area contributed by atoms with Crippen molar-refractivity contribution < 1.29 is 0 Å². The Morgan fingerprint density at radius 3 is 2.39 bits per heavy atom. The Balaban J connectivity index is 2.19. The number of hydrogen-bond donors (Lipinski definition) is 1. The van der Waals surface area contributed by atoms with Crippen LogP contribution in [0.15, 0.2) is 24.3 Å². The van der Waals surface area contributed by atoms with E-state index < -0.39 is 0 Å². The van der Waals surface area contributed by atoms with Crippen molar-refractivity contribution in [1.82, 2.24) is 5.32 Å². The van der Waals surface area contributed by atoms with E-state index in [0.29, 0.717) is 17.9 Å². The van der Waals surface area contributed by atoms with Gasteiger partial charge in [0.2, 0.25) is 0 Å². The summed E-state index contributed by atoms with van der Waals surface area (Å²) in [7, 11) is 2.08. The molecule has 1 aliphatic rings. The summed E-state index contributed by atoms with van der Waals surface area (Å²) in [5.74, 6) is 2.19. The molecule has 1 saturated carbocycles. The van der Waals surface area contributed by atoms with Crippen LogP contribution >= 0.6 is 0 Å². The Hall–Kier alpha value is -0.820. The zero-order valence-corrected chi connectivity index (χ0v) is 12.2. The normalized spacial score (nSPS) is 19.6. The van der Waals surface area contributed by atoms with Gasteiger partial charge in [0.05, 0.1) is 0 Å². The first-order valence-electron chi connectivity index (χ1n) is 7.40. The minimum Gasteiger partial charge on any atom is -0.313 e. The molecule has 0 amide bonds. The lowest BCUT2D eigenvalue weighted by atomic mass is 9.78. The van der Waals surface area contributed by atoms with Gasteiger partial charge >= 0.3 is 0 Å². The smallest absolute Gasteiger partial charge is 0.0346 e. The van der Waals surface area contributed by atoms with Gasteiger partial charge in [-0.3, -0.25) is 0 Å². The van der Waals surface area contributed by atoms with Crippen molar-refractivity contribution in [3.8, 4) is 0 Å². The molecule has 0 aliphatic heterocycles. The molecule has 1 aromatic rings. The highest BCUT2D eigenvalue weighted by Gasteiger charge is 2.23. The first-order chi connectivity index (χ1) is 8.63. The minimum absolute atomic E-state index is 0.477. The van der Waals surface area contributed by atoms with Crippen LogP contribution in [0.4, 0.5) is 0 Å². The van der Waals surface area contributed by atoms with Crippen molar-refractivity contribution in [2.75, 3.05) is 7.05 Å². The average Bonchev–Trinajstić information content (AvgIpc) is 2.28. The van der Waals surface area contributed by atoms with Gasteiger partial charge in [0, 0.05) is 6.04 Å². The summed E-state index contributed by atoms with van der Waals surface area (Å²) in [4.78, 5) is 0. The monoisotopic (exact) mass is 245 g/mol. The van der Waals surface area contributed by atoms with Crippen molar-refractivity contribution in [3.05, 3.63) is 35.4 Å². The molecule has 2 atom stereocenters. The first-order valence-corrected chi connectivity index (χ1v) is 7.40. The maximum absolute atomic E-state index is 3.50. The largest absolute Gasteiger partial charge is 0.313 e. The molecule has 0 radical (unpaired) electrons. The van der Waals surface area contributed by atoms with Gasteiger partial charge in [-0.1, -0.05) is 51.5 Å². The van der Waals surface area contributed by atoms with E-state index in [2.05, 4.69) is 57.4 Å². The topological polar surface area (TPSA) is 12.0 Å². The van der Waals surface area contributed by atoms with Gasteiger partial charge in [0.15, 0.2) is 0 Å². The van der Waals surface area contributed by atoms with Crippen LogP contribution in [0.2, 0.25) is 0 Å². The van der Waals surface area contributed by atoms with Crippen LogP contribution in [0, 0.1) is 11.8 Å². The molecule has 0 heterocycles. The van der Waals surface area contributed by atoms with Crippen molar-refractivity contribution in [2.45, 2.75) is 52.0 Å². The average molecular weight is 245 g/mol. The molecular formula is C17H27N. The summed E-state index contributed by atoms with van der Waals surface area (Å²) < 4.78 is 0. The number of hydrogen-bond acceptors (Lipinski definition) is 1. The molecule has 0 spiro atoms. The molecule has 1 aromatic carbocycles. The van der Waals surface area contributed by atoms with E-state index in [1.54, 1.807) is 5.56 Å². The Morgan fingerprint density at radius 1 is 1.17 bits per heavy atom. The Morgan fingerprint density at radius 2 is 1.89 bits per heavy atom. The summed E-state index contributed by atoms with van der Waals surface area (Å²) in [6.45, 7) is 6.97. The SMILES string of the molecule is CNC(c1cccc(C2CCC2)c1)C(C)C(C)C. The predicted octanol–water partition coefficient (Wildman–Crippen LogP) is 4.51. The molecule has 1 N–H and O–H groups in total.